The third-order valence-electron chi connectivity index (χ3n) is 5.37. The maximum atomic E-state index is 13.6. The molecule has 33 heavy (non-hydrogen) atoms. The van der Waals surface area contributed by atoms with Gasteiger partial charge in [0.25, 0.3) is 11.8 Å². The predicted octanol–water partition coefficient (Wildman–Crippen LogP) is 2.31. The average Bonchev–Trinajstić information content (AvgIpc) is 3.43. The van der Waals surface area contributed by atoms with Crippen molar-refractivity contribution in [3.8, 4) is 11.5 Å². The van der Waals surface area contributed by atoms with Crippen molar-refractivity contribution in [1.29, 1.82) is 0 Å². The van der Waals surface area contributed by atoms with Gasteiger partial charge >= 0.3 is 5.97 Å². The van der Waals surface area contributed by atoms with Gasteiger partial charge in [-0.05, 0) is 5.56 Å². The van der Waals surface area contributed by atoms with E-state index in [4.69, 9.17) is 14.2 Å². The Balaban J connectivity index is 1.68. The lowest BCUT2D eigenvalue weighted by molar-refractivity contribution is -0.131. The molecule has 0 saturated carbocycles. The van der Waals surface area contributed by atoms with Crippen LogP contribution in [0.5, 0.6) is 11.5 Å². The van der Waals surface area contributed by atoms with Crippen LogP contribution in [0.2, 0.25) is 0 Å². The zero-order valence-corrected chi connectivity index (χ0v) is 17.3. The van der Waals surface area contributed by atoms with E-state index in [1.807, 2.05) is 30.3 Å². The molecule has 3 heterocycles. The lowest BCUT2D eigenvalue weighted by atomic mass is 10.0. The Labute approximate surface area is 187 Å². The van der Waals surface area contributed by atoms with Crippen LogP contribution in [0.1, 0.15) is 33.2 Å². The second-order valence-electron chi connectivity index (χ2n) is 7.41. The van der Waals surface area contributed by atoms with Crippen molar-refractivity contribution in [2.24, 2.45) is 0 Å². The average molecular weight is 447 g/mol. The number of phenols is 1. The third kappa shape index (κ3) is 3.32. The van der Waals surface area contributed by atoms with E-state index < -0.39 is 29.6 Å². The van der Waals surface area contributed by atoms with Crippen LogP contribution in [-0.2, 0) is 20.7 Å². The van der Waals surface area contributed by atoms with Gasteiger partial charge in [-0.25, -0.2) is 9.97 Å². The highest BCUT2D eigenvalue weighted by molar-refractivity contribution is 6.27. The zero-order valence-electron chi connectivity index (χ0n) is 17.3. The molecule has 0 fully saturated rings. The summed E-state index contributed by atoms with van der Waals surface area (Å²) in [6.45, 7) is 1.11. The van der Waals surface area contributed by atoms with Crippen LogP contribution in [-0.4, -0.2) is 50.6 Å². The van der Waals surface area contributed by atoms with E-state index in [-0.39, 0.29) is 46.9 Å². The SMILES string of the molecule is CC(=O)Oc1c2c(c(O)c3nccnc13)C(=O)N(C(Cc1ccccc1)C1=COCO1)C2=O. The molecule has 0 spiro atoms. The van der Waals surface area contributed by atoms with Crippen LogP contribution in [0.25, 0.3) is 11.0 Å². The molecule has 0 saturated heterocycles. The van der Waals surface area contributed by atoms with Crippen LogP contribution in [0.4, 0.5) is 0 Å². The van der Waals surface area contributed by atoms with E-state index in [1.165, 1.54) is 18.7 Å². The minimum Gasteiger partial charge on any atom is -0.505 e. The largest absolute Gasteiger partial charge is 0.505 e. The summed E-state index contributed by atoms with van der Waals surface area (Å²) < 4.78 is 16.0. The topological polar surface area (TPSA) is 128 Å². The number of carbonyl (C=O) groups is 3. The van der Waals surface area contributed by atoms with Crippen LogP contribution in [0.3, 0.4) is 0 Å². The molecule has 1 aromatic heterocycles. The molecule has 1 unspecified atom stereocenters. The molecule has 5 rings (SSSR count). The number of ether oxygens (including phenoxy) is 3. The van der Waals surface area contributed by atoms with E-state index in [9.17, 15) is 19.5 Å². The van der Waals surface area contributed by atoms with Crippen molar-refractivity contribution < 1.29 is 33.7 Å². The van der Waals surface area contributed by atoms with Crippen molar-refractivity contribution in [2.45, 2.75) is 19.4 Å². The van der Waals surface area contributed by atoms with E-state index in [0.29, 0.717) is 0 Å². The minimum atomic E-state index is -0.865. The summed E-state index contributed by atoms with van der Waals surface area (Å²) >= 11 is 0. The summed E-state index contributed by atoms with van der Waals surface area (Å²) in [5, 5.41) is 10.9. The molecule has 10 heteroatoms. The second-order valence-corrected chi connectivity index (χ2v) is 7.41. The Hall–Kier alpha value is -4.47. The molecule has 166 valence electrons. The first kappa shape index (κ1) is 20.4. The number of aromatic hydroxyl groups is 1. The molecule has 2 amide bonds. The molecular formula is C23H17N3O7. The van der Waals surface area contributed by atoms with Gasteiger partial charge in [0.15, 0.2) is 17.3 Å². The number of benzene rings is 2. The Morgan fingerprint density at radius 2 is 1.82 bits per heavy atom. The number of aromatic nitrogens is 2. The van der Waals surface area contributed by atoms with Crippen LogP contribution < -0.4 is 4.74 Å². The lowest BCUT2D eigenvalue weighted by Crippen LogP contribution is -2.42. The number of hydrogen-bond acceptors (Lipinski definition) is 9. The molecular weight excluding hydrogens is 430 g/mol. The first-order valence-corrected chi connectivity index (χ1v) is 10.0. The summed E-state index contributed by atoms with van der Waals surface area (Å²) in [6, 6.07) is 8.37. The fourth-order valence-electron chi connectivity index (χ4n) is 4.00. The van der Waals surface area contributed by atoms with Gasteiger partial charge in [-0.1, -0.05) is 30.3 Å². The summed E-state index contributed by atoms with van der Waals surface area (Å²) in [7, 11) is 0. The van der Waals surface area contributed by atoms with E-state index in [2.05, 4.69) is 9.97 Å². The van der Waals surface area contributed by atoms with Gasteiger partial charge in [-0.15, -0.1) is 0 Å². The van der Waals surface area contributed by atoms with Gasteiger partial charge in [0, 0.05) is 25.7 Å². The minimum absolute atomic E-state index is 0.00813. The van der Waals surface area contributed by atoms with Gasteiger partial charge < -0.3 is 19.3 Å². The summed E-state index contributed by atoms with van der Waals surface area (Å²) in [5.74, 6) is -2.71. The molecule has 0 radical (unpaired) electrons. The van der Waals surface area contributed by atoms with E-state index >= 15 is 0 Å². The van der Waals surface area contributed by atoms with Gasteiger partial charge in [-0.3, -0.25) is 19.3 Å². The standard InChI is InChI=1S/C23H17N3O7/c1-12(27)33-21-17-16(20(28)18-19(21)25-8-7-24-18)22(29)26(23(17)30)14(15-10-31-11-32-15)9-13-5-3-2-4-6-13/h2-8,10,14,28H,9,11H2,1H3. The number of carbonyl (C=O) groups excluding carboxylic acids is 3. The van der Waals surface area contributed by atoms with E-state index in [0.717, 1.165) is 17.4 Å². The number of phenolic OH excluding ortho intramolecular Hbond substituents is 1. The number of amides is 2. The number of hydrogen-bond donors (Lipinski definition) is 1. The molecule has 2 aliphatic heterocycles. The number of esters is 1. The van der Waals surface area contributed by atoms with Gasteiger partial charge in [0.2, 0.25) is 6.79 Å². The van der Waals surface area contributed by atoms with Crippen LogP contribution in [0, 0.1) is 0 Å². The van der Waals surface area contributed by atoms with Crippen molar-refractivity contribution in [3.05, 3.63) is 71.4 Å². The number of nitrogens with zero attached hydrogens (tertiary/aromatic N) is 3. The van der Waals surface area contributed by atoms with Crippen molar-refractivity contribution in [2.75, 3.05) is 6.79 Å². The van der Waals surface area contributed by atoms with E-state index in [1.54, 1.807) is 0 Å². The quantitative estimate of drug-likeness (QED) is 0.356. The Morgan fingerprint density at radius 3 is 2.48 bits per heavy atom. The normalized spacial score (nSPS) is 15.7. The highest BCUT2D eigenvalue weighted by Gasteiger charge is 2.47. The number of fused-ring (bicyclic) bond motifs is 2. The smallest absolute Gasteiger partial charge is 0.308 e. The van der Waals surface area contributed by atoms with Crippen LogP contribution in [0.15, 0.2) is 54.7 Å². The summed E-state index contributed by atoms with van der Waals surface area (Å²) in [5.41, 5.74) is 0.217. The molecule has 2 aromatic carbocycles. The lowest BCUT2D eigenvalue weighted by Gasteiger charge is -2.26. The molecule has 0 bridgehead atoms. The molecule has 1 atom stereocenters. The first-order chi connectivity index (χ1) is 16.0. The number of imide groups is 1. The Bertz CT molecular complexity index is 1340. The Morgan fingerprint density at radius 1 is 1.12 bits per heavy atom. The summed E-state index contributed by atoms with van der Waals surface area (Å²) in [6.07, 6.45) is 4.23. The van der Waals surface area contributed by atoms with Gasteiger partial charge in [0.1, 0.15) is 34.5 Å². The molecule has 1 N–H and O–H groups in total. The second kappa shape index (κ2) is 7.90. The fraction of sp³-hybridized carbons (Fsp3) is 0.174. The Kier molecular flexibility index (Phi) is 4.89. The highest BCUT2D eigenvalue weighted by atomic mass is 16.7. The third-order valence-corrected chi connectivity index (χ3v) is 5.37. The van der Waals surface area contributed by atoms with Gasteiger partial charge in [-0.2, -0.15) is 0 Å². The van der Waals surface area contributed by atoms with Crippen molar-refractivity contribution in [3.63, 3.8) is 0 Å². The first-order valence-electron chi connectivity index (χ1n) is 10.0. The maximum Gasteiger partial charge on any atom is 0.308 e. The molecule has 2 aliphatic rings. The predicted molar refractivity (Wildman–Crippen MR) is 112 cm³/mol. The monoisotopic (exact) mass is 447 g/mol. The van der Waals surface area contributed by atoms with Crippen LogP contribution >= 0.6 is 0 Å². The van der Waals surface area contributed by atoms with Crippen molar-refractivity contribution >= 4 is 28.8 Å². The zero-order chi connectivity index (χ0) is 23.1. The number of rotatable bonds is 5. The fourth-order valence-corrected chi connectivity index (χ4v) is 4.00. The van der Waals surface area contributed by atoms with Gasteiger partial charge in [0.05, 0.1) is 0 Å². The maximum absolute atomic E-state index is 13.6. The highest BCUT2D eigenvalue weighted by Crippen LogP contribution is 2.44. The summed E-state index contributed by atoms with van der Waals surface area (Å²) in [4.78, 5) is 48.1. The van der Waals surface area contributed by atoms with Crippen molar-refractivity contribution in [1.82, 2.24) is 14.9 Å². The molecule has 0 aliphatic carbocycles. The molecule has 3 aromatic rings. The molecule has 10 nitrogen and oxygen atoms in total.